The molecular weight excluding hydrogens is 267 g/mol. The van der Waals surface area contributed by atoms with Crippen LogP contribution in [0, 0.1) is 5.41 Å². The standard InChI is InChI=1S/C11H13ClF3N3/c1-18(5-4-11(13,14)15)9-3-2-7(12)6-8(9)10(16)17/h2-3,6H,4-5H2,1H3,(H3,16,17). The molecule has 1 aromatic carbocycles. The molecule has 1 rings (SSSR count). The second-order valence-corrected chi connectivity index (χ2v) is 4.30. The van der Waals surface area contributed by atoms with E-state index in [4.69, 9.17) is 22.7 Å². The first kappa shape index (κ1) is 14.6. The lowest BCUT2D eigenvalue weighted by atomic mass is 10.1. The van der Waals surface area contributed by atoms with Gasteiger partial charge in [0.1, 0.15) is 5.84 Å². The van der Waals surface area contributed by atoms with E-state index in [1.807, 2.05) is 0 Å². The summed E-state index contributed by atoms with van der Waals surface area (Å²) >= 11 is 5.76. The third-order valence-corrected chi connectivity index (χ3v) is 2.63. The average Bonchev–Trinajstić information content (AvgIpc) is 2.24. The van der Waals surface area contributed by atoms with E-state index < -0.39 is 12.6 Å². The fraction of sp³-hybridized carbons (Fsp3) is 0.364. The molecule has 0 spiro atoms. The number of nitrogen functional groups attached to an aromatic ring is 1. The van der Waals surface area contributed by atoms with Crippen molar-refractivity contribution < 1.29 is 13.2 Å². The second kappa shape index (κ2) is 5.48. The highest BCUT2D eigenvalue weighted by molar-refractivity contribution is 6.31. The van der Waals surface area contributed by atoms with Gasteiger partial charge < -0.3 is 10.6 Å². The number of nitrogens with two attached hydrogens (primary N) is 1. The van der Waals surface area contributed by atoms with Crippen LogP contribution in [0.25, 0.3) is 0 Å². The van der Waals surface area contributed by atoms with Crippen LogP contribution in [-0.4, -0.2) is 25.6 Å². The van der Waals surface area contributed by atoms with E-state index in [0.29, 0.717) is 16.3 Å². The Morgan fingerprint density at radius 2 is 2.06 bits per heavy atom. The molecule has 7 heteroatoms. The van der Waals surface area contributed by atoms with Gasteiger partial charge in [-0.15, -0.1) is 0 Å². The maximum Gasteiger partial charge on any atom is 0.390 e. The van der Waals surface area contributed by atoms with Crippen LogP contribution in [-0.2, 0) is 0 Å². The first-order valence-corrected chi connectivity index (χ1v) is 5.50. The van der Waals surface area contributed by atoms with Crippen molar-refractivity contribution in [1.29, 1.82) is 5.41 Å². The molecular formula is C11H13ClF3N3. The van der Waals surface area contributed by atoms with Gasteiger partial charge in [-0.3, -0.25) is 5.41 Å². The fourth-order valence-electron chi connectivity index (χ4n) is 1.47. The zero-order chi connectivity index (χ0) is 13.9. The van der Waals surface area contributed by atoms with Gasteiger partial charge in [-0.05, 0) is 18.2 Å². The SMILES string of the molecule is CN(CCC(F)(F)F)c1ccc(Cl)cc1C(=N)N. The second-order valence-electron chi connectivity index (χ2n) is 3.86. The largest absolute Gasteiger partial charge is 0.390 e. The lowest BCUT2D eigenvalue weighted by Crippen LogP contribution is -2.26. The van der Waals surface area contributed by atoms with Crippen molar-refractivity contribution in [3.8, 4) is 0 Å². The third kappa shape index (κ3) is 4.10. The number of hydrogen-bond acceptors (Lipinski definition) is 2. The van der Waals surface area contributed by atoms with Gasteiger partial charge in [0.25, 0.3) is 0 Å². The topological polar surface area (TPSA) is 53.1 Å². The molecule has 0 atom stereocenters. The van der Waals surface area contributed by atoms with Crippen molar-refractivity contribution in [2.75, 3.05) is 18.5 Å². The van der Waals surface area contributed by atoms with E-state index in [2.05, 4.69) is 0 Å². The van der Waals surface area contributed by atoms with Crippen LogP contribution in [0.2, 0.25) is 5.02 Å². The quantitative estimate of drug-likeness (QED) is 0.657. The van der Waals surface area contributed by atoms with Crippen LogP contribution in [0.15, 0.2) is 18.2 Å². The number of amidine groups is 1. The lowest BCUT2D eigenvalue weighted by Gasteiger charge is -2.22. The van der Waals surface area contributed by atoms with Crippen LogP contribution in [0.4, 0.5) is 18.9 Å². The van der Waals surface area contributed by atoms with Crippen molar-refractivity contribution in [1.82, 2.24) is 0 Å². The Morgan fingerprint density at radius 1 is 1.44 bits per heavy atom. The average molecular weight is 280 g/mol. The lowest BCUT2D eigenvalue weighted by molar-refractivity contribution is -0.132. The Labute approximate surface area is 108 Å². The summed E-state index contributed by atoms with van der Waals surface area (Å²) in [5.41, 5.74) is 6.16. The minimum atomic E-state index is -4.21. The Balaban J connectivity index is 2.91. The van der Waals surface area contributed by atoms with Gasteiger partial charge in [-0.25, -0.2) is 0 Å². The molecule has 0 aliphatic heterocycles. The number of halogens is 4. The van der Waals surface area contributed by atoms with Crippen molar-refractivity contribution >= 4 is 23.1 Å². The number of hydrogen-bond donors (Lipinski definition) is 2. The van der Waals surface area contributed by atoms with Crippen molar-refractivity contribution in [2.45, 2.75) is 12.6 Å². The maximum atomic E-state index is 12.1. The molecule has 0 aliphatic rings. The summed E-state index contributed by atoms with van der Waals surface area (Å²) in [4.78, 5) is 1.40. The molecule has 0 saturated heterocycles. The summed E-state index contributed by atoms with van der Waals surface area (Å²) < 4.78 is 36.4. The molecule has 0 amide bonds. The highest BCUT2D eigenvalue weighted by atomic mass is 35.5. The van der Waals surface area contributed by atoms with Crippen LogP contribution in [0.5, 0.6) is 0 Å². The van der Waals surface area contributed by atoms with Gasteiger partial charge in [-0.2, -0.15) is 13.2 Å². The van der Waals surface area contributed by atoms with Crippen LogP contribution >= 0.6 is 11.6 Å². The molecule has 0 aliphatic carbocycles. The Bertz CT molecular complexity index is 446. The normalized spacial score (nSPS) is 11.4. The molecule has 0 fully saturated rings. The number of nitrogens with one attached hydrogen (secondary N) is 1. The zero-order valence-electron chi connectivity index (χ0n) is 9.68. The summed E-state index contributed by atoms with van der Waals surface area (Å²) in [6, 6.07) is 4.56. The van der Waals surface area contributed by atoms with E-state index >= 15 is 0 Å². The molecule has 0 unspecified atom stereocenters. The minimum Gasteiger partial charge on any atom is -0.384 e. The predicted molar refractivity (Wildman–Crippen MR) is 66.4 cm³/mol. The van der Waals surface area contributed by atoms with Crippen LogP contribution in [0.3, 0.4) is 0 Å². The van der Waals surface area contributed by atoms with E-state index in [0.717, 1.165) is 0 Å². The van der Waals surface area contributed by atoms with Crippen LogP contribution in [0.1, 0.15) is 12.0 Å². The maximum absolute atomic E-state index is 12.1. The fourth-order valence-corrected chi connectivity index (χ4v) is 1.64. The first-order valence-electron chi connectivity index (χ1n) is 5.12. The summed E-state index contributed by atoms with van der Waals surface area (Å²) in [5.74, 6) is -0.230. The highest BCUT2D eigenvalue weighted by Crippen LogP contribution is 2.25. The minimum absolute atomic E-state index is 0.203. The monoisotopic (exact) mass is 279 g/mol. The molecule has 3 nitrogen and oxygen atoms in total. The Hall–Kier alpha value is -1.43. The van der Waals surface area contributed by atoms with Gasteiger partial charge in [0.15, 0.2) is 0 Å². The number of rotatable bonds is 4. The Morgan fingerprint density at radius 3 is 2.56 bits per heavy atom. The van der Waals surface area contributed by atoms with Crippen molar-refractivity contribution in [2.24, 2.45) is 5.73 Å². The molecule has 100 valence electrons. The van der Waals surface area contributed by atoms with Gasteiger partial charge in [0.05, 0.1) is 6.42 Å². The molecule has 3 N–H and O–H groups in total. The van der Waals surface area contributed by atoms with Gasteiger partial charge in [0.2, 0.25) is 0 Å². The van der Waals surface area contributed by atoms with E-state index in [1.54, 1.807) is 12.1 Å². The van der Waals surface area contributed by atoms with Crippen LogP contribution < -0.4 is 10.6 Å². The summed E-state index contributed by atoms with van der Waals surface area (Å²) in [6.07, 6.45) is -5.14. The molecule has 0 heterocycles. The van der Waals surface area contributed by atoms with E-state index in [1.165, 1.54) is 18.0 Å². The van der Waals surface area contributed by atoms with Crippen molar-refractivity contribution in [3.05, 3.63) is 28.8 Å². The van der Waals surface area contributed by atoms with Gasteiger partial charge in [0, 0.05) is 29.9 Å². The molecule has 0 radical (unpaired) electrons. The number of benzene rings is 1. The summed E-state index contributed by atoms with van der Waals surface area (Å²) in [7, 11) is 1.52. The first-order chi connectivity index (χ1) is 8.20. The molecule has 0 bridgehead atoms. The third-order valence-electron chi connectivity index (χ3n) is 2.39. The molecule has 18 heavy (non-hydrogen) atoms. The number of alkyl halides is 3. The Kier molecular flexibility index (Phi) is 4.45. The summed E-state index contributed by atoms with van der Waals surface area (Å²) in [5, 5.41) is 7.77. The molecule has 0 saturated carbocycles. The summed E-state index contributed by atoms with van der Waals surface area (Å²) in [6.45, 7) is -0.203. The number of anilines is 1. The molecule has 1 aromatic rings. The van der Waals surface area contributed by atoms with Gasteiger partial charge >= 0.3 is 6.18 Å². The van der Waals surface area contributed by atoms with Gasteiger partial charge in [-0.1, -0.05) is 11.6 Å². The van der Waals surface area contributed by atoms with E-state index in [-0.39, 0.29) is 12.4 Å². The predicted octanol–water partition coefficient (Wildman–Crippen LogP) is 3.01. The zero-order valence-corrected chi connectivity index (χ0v) is 10.4. The smallest absolute Gasteiger partial charge is 0.384 e. The highest BCUT2D eigenvalue weighted by Gasteiger charge is 2.27. The van der Waals surface area contributed by atoms with E-state index in [9.17, 15) is 13.2 Å². The molecule has 0 aromatic heterocycles. The number of nitrogens with zero attached hydrogens (tertiary/aromatic N) is 1. The van der Waals surface area contributed by atoms with Crippen molar-refractivity contribution in [3.63, 3.8) is 0 Å².